The van der Waals surface area contributed by atoms with Crippen molar-refractivity contribution in [2.75, 3.05) is 25.0 Å². The van der Waals surface area contributed by atoms with Crippen molar-refractivity contribution in [1.82, 2.24) is 34.9 Å². The van der Waals surface area contributed by atoms with Gasteiger partial charge in [-0.05, 0) is 55.2 Å². The van der Waals surface area contributed by atoms with Crippen molar-refractivity contribution in [3.8, 4) is 11.3 Å². The summed E-state index contributed by atoms with van der Waals surface area (Å²) in [6.45, 7) is 1.57. The predicted octanol–water partition coefficient (Wildman–Crippen LogP) is 4.32. The first-order valence-electron chi connectivity index (χ1n) is 15.8. The number of fused-ring (bicyclic) bond motifs is 1. The van der Waals surface area contributed by atoms with Crippen LogP contribution in [0.3, 0.4) is 0 Å². The van der Waals surface area contributed by atoms with Crippen molar-refractivity contribution in [3.63, 3.8) is 0 Å². The highest BCUT2D eigenvalue weighted by atomic mass is 35.5. The van der Waals surface area contributed by atoms with E-state index in [0.717, 1.165) is 29.8 Å². The molecule has 3 aromatic rings. The van der Waals surface area contributed by atoms with E-state index in [9.17, 15) is 41.4 Å². The average molecular weight is 711 g/mol. The summed E-state index contributed by atoms with van der Waals surface area (Å²) >= 11 is 6.37. The maximum atomic E-state index is 13.8. The number of imidazole rings is 1. The molecule has 0 bridgehead atoms. The van der Waals surface area contributed by atoms with Gasteiger partial charge >= 0.3 is 12.2 Å². The van der Waals surface area contributed by atoms with Crippen LogP contribution >= 0.6 is 11.6 Å². The van der Waals surface area contributed by atoms with Crippen molar-refractivity contribution in [1.29, 1.82) is 0 Å². The van der Waals surface area contributed by atoms with E-state index in [1.807, 2.05) is 0 Å². The van der Waals surface area contributed by atoms with Gasteiger partial charge in [0.15, 0.2) is 11.5 Å². The van der Waals surface area contributed by atoms with Crippen LogP contribution in [0.4, 0.5) is 32.4 Å². The molecule has 1 aromatic carbocycles. The third-order valence-corrected chi connectivity index (χ3v) is 10.3. The first-order chi connectivity index (χ1) is 23.1. The van der Waals surface area contributed by atoms with Crippen LogP contribution in [0.15, 0.2) is 30.6 Å². The number of alkyl halides is 5. The Morgan fingerprint density at radius 1 is 1.12 bits per heavy atom. The van der Waals surface area contributed by atoms with E-state index >= 15 is 0 Å². The summed E-state index contributed by atoms with van der Waals surface area (Å²) in [5.74, 6) is -3.86. The molecular formula is C31H32ClF5N8O4. The first kappa shape index (κ1) is 33.3. The molecule has 4 aliphatic rings. The summed E-state index contributed by atoms with van der Waals surface area (Å²) in [4.78, 5) is 44.2. The molecule has 3 unspecified atom stereocenters. The van der Waals surface area contributed by atoms with Crippen molar-refractivity contribution < 1.29 is 41.4 Å². The lowest BCUT2D eigenvalue weighted by Gasteiger charge is -2.24. The molecule has 4 fully saturated rings. The maximum absolute atomic E-state index is 13.8. The van der Waals surface area contributed by atoms with Gasteiger partial charge in [-0.1, -0.05) is 11.6 Å². The number of rotatable bonds is 8. The average Bonchev–Trinajstić information content (AvgIpc) is 3.47. The number of nitrogens with zero attached hydrogens (tertiary/aromatic N) is 5. The molecule has 0 spiro atoms. The van der Waals surface area contributed by atoms with Crippen LogP contribution in [-0.2, 0) is 13.2 Å². The molecule has 12 nitrogen and oxygen atoms in total. The molecule has 49 heavy (non-hydrogen) atoms. The number of likely N-dealkylation sites (tertiary alicyclic amines) is 1. The van der Waals surface area contributed by atoms with E-state index in [-0.39, 0.29) is 57.6 Å². The third kappa shape index (κ3) is 6.33. The Balaban J connectivity index is 0.938. The van der Waals surface area contributed by atoms with Gasteiger partial charge in [-0.25, -0.2) is 18.6 Å². The van der Waals surface area contributed by atoms with Gasteiger partial charge in [0, 0.05) is 45.0 Å². The van der Waals surface area contributed by atoms with Crippen LogP contribution in [0.1, 0.15) is 58.4 Å². The molecule has 3 aliphatic carbocycles. The predicted molar refractivity (Wildman–Crippen MR) is 164 cm³/mol. The first-order valence-corrected chi connectivity index (χ1v) is 16.2. The highest BCUT2D eigenvalue weighted by Gasteiger charge is 2.60. The van der Waals surface area contributed by atoms with E-state index in [1.165, 1.54) is 25.2 Å². The van der Waals surface area contributed by atoms with E-state index in [0.29, 0.717) is 30.7 Å². The fourth-order valence-electron chi connectivity index (χ4n) is 7.05. The molecule has 1 aliphatic heterocycles. The number of aliphatic hydroxyl groups is 1. The van der Waals surface area contributed by atoms with Crippen molar-refractivity contribution >= 4 is 35.1 Å². The van der Waals surface area contributed by atoms with Gasteiger partial charge in [0.05, 0.1) is 40.2 Å². The molecule has 262 valence electrons. The zero-order valence-corrected chi connectivity index (χ0v) is 26.7. The Morgan fingerprint density at radius 3 is 2.45 bits per heavy atom. The summed E-state index contributed by atoms with van der Waals surface area (Å²) in [6.07, 6.45) is -1.83. The molecule has 3 heterocycles. The van der Waals surface area contributed by atoms with Crippen molar-refractivity contribution in [3.05, 3.63) is 52.7 Å². The van der Waals surface area contributed by atoms with Gasteiger partial charge in [-0.15, -0.1) is 0 Å². The molecule has 7 rings (SSSR count). The van der Waals surface area contributed by atoms with Crippen molar-refractivity contribution in [2.24, 2.45) is 24.8 Å². The zero-order valence-electron chi connectivity index (χ0n) is 26.0. The van der Waals surface area contributed by atoms with Crippen LogP contribution in [0, 0.1) is 17.8 Å². The van der Waals surface area contributed by atoms with Crippen LogP contribution in [-0.4, -0.2) is 84.9 Å². The highest BCUT2D eigenvalue weighted by Crippen LogP contribution is 2.53. The minimum atomic E-state index is -4.95. The number of benzene rings is 1. The second-order valence-electron chi connectivity index (χ2n) is 13.2. The second kappa shape index (κ2) is 12.0. The van der Waals surface area contributed by atoms with E-state index in [4.69, 9.17) is 11.6 Å². The molecule has 3 saturated carbocycles. The lowest BCUT2D eigenvalue weighted by atomic mass is 10.1. The number of hydrogen-bond donors (Lipinski definition) is 4. The Morgan fingerprint density at radius 2 is 1.84 bits per heavy atom. The Kier molecular flexibility index (Phi) is 8.12. The quantitative estimate of drug-likeness (QED) is 0.256. The van der Waals surface area contributed by atoms with Gasteiger partial charge in [0.1, 0.15) is 6.04 Å². The van der Waals surface area contributed by atoms with Crippen LogP contribution in [0.2, 0.25) is 5.02 Å². The lowest BCUT2D eigenvalue weighted by molar-refractivity contribution is -0.141. The third-order valence-electron chi connectivity index (χ3n) is 10.00. The van der Waals surface area contributed by atoms with Crippen molar-refractivity contribution in [2.45, 2.75) is 56.0 Å². The van der Waals surface area contributed by atoms with Crippen LogP contribution < -0.4 is 16.0 Å². The molecule has 0 radical (unpaired) electrons. The number of hydrogen-bond acceptors (Lipinski definition) is 6. The number of anilines is 1. The van der Waals surface area contributed by atoms with Crippen LogP contribution in [0.25, 0.3) is 11.3 Å². The Bertz CT molecular complexity index is 1820. The summed E-state index contributed by atoms with van der Waals surface area (Å²) in [5.41, 5.74) is -1.67. The maximum Gasteiger partial charge on any atom is 0.435 e. The smallest absolute Gasteiger partial charge is 0.391 e. The van der Waals surface area contributed by atoms with Gasteiger partial charge < -0.3 is 30.5 Å². The Hall–Kier alpha value is -4.25. The monoisotopic (exact) mass is 710 g/mol. The largest absolute Gasteiger partial charge is 0.435 e. The summed E-state index contributed by atoms with van der Waals surface area (Å²) in [5, 5.41) is 21.7. The number of urea groups is 1. The Labute approximate surface area is 281 Å². The SMILES string of the molecule is Cn1c(-c2cn(C3CC3(F)F)nc2C(F)(F)F)cnc1C(=O)Nc1ccc(C(=O)NCC2C3CN(C(=O)N[C@H]4CCC[C@@H]4O)CC23)c(Cl)c1. The highest BCUT2D eigenvalue weighted by molar-refractivity contribution is 6.34. The zero-order chi connectivity index (χ0) is 35.0. The molecule has 1 saturated heterocycles. The van der Waals surface area contributed by atoms with Gasteiger partial charge in [-0.2, -0.15) is 18.3 Å². The molecular weight excluding hydrogens is 679 g/mol. The van der Waals surface area contributed by atoms with Gasteiger partial charge in [0.25, 0.3) is 17.7 Å². The van der Waals surface area contributed by atoms with Gasteiger partial charge in [-0.3, -0.25) is 14.3 Å². The number of carbonyl (C=O) groups is 3. The molecule has 4 amide bonds. The molecule has 18 heteroatoms. The normalized spacial score (nSPS) is 26.7. The number of nitrogens with one attached hydrogen (secondary N) is 3. The summed E-state index contributed by atoms with van der Waals surface area (Å²) in [7, 11) is 1.31. The second-order valence-corrected chi connectivity index (χ2v) is 13.6. The number of carbonyl (C=O) groups excluding carboxylic acids is 3. The fraction of sp³-hybridized carbons (Fsp3) is 0.516. The molecule has 5 atom stereocenters. The lowest BCUT2D eigenvalue weighted by Crippen LogP contribution is -2.47. The molecule has 2 aromatic heterocycles. The number of halogens is 6. The number of amides is 4. The minimum absolute atomic E-state index is 0.0443. The van der Waals surface area contributed by atoms with E-state index in [2.05, 4.69) is 26.0 Å². The fourth-order valence-corrected chi connectivity index (χ4v) is 7.32. The molecule has 4 N–H and O–H groups in total. The topological polar surface area (TPSA) is 146 Å². The number of aliphatic hydroxyl groups excluding tert-OH is 1. The van der Waals surface area contributed by atoms with E-state index < -0.39 is 53.7 Å². The number of piperidine rings is 1. The minimum Gasteiger partial charge on any atom is -0.391 e. The summed E-state index contributed by atoms with van der Waals surface area (Å²) < 4.78 is 70.1. The summed E-state index contributed by atoms with van der Waals surface area (Å²) in [6, 6.07) is 2.35. The van der Waals surface area contributed by atoms with Crippen LogP contribution in [0.5, 0.6) is 0 Å². The van der Waals surface area contributed by atoms with Gasteiger partial charge in [0.2, 0.25) is 0 Å². The standard InChI is InChI=1S/C31H32ClF5N8O4/c1-43-22(19-13-45(24-8-30(24,33)34)42-25(19)31(35,36)37)10-38-26(43)28(48)40-14-5-6-15(20(32)7-14)27(47)39-9-16-17-11-44(12-18(16)17)29(49)41-21-3-2-4-23(21)46/h5-7,10,13,16-18,21,23-24,46H,2-4,8-9,11-12H2,1H3,(H,39,47)(H,40,48)(H,41,49)/t16?,17?,18?,21-,23-,24?/m0/s1. The number of aromatic nitrogens is 4. The van der Waals surface area contributed by atoms with E-state index in [1.54, 1.807) is 4.90 Å².